The third kappa shape index (κ3) is 5.19. The van der Waals surface area contributed by atoms with Crippen molar-refractivity contribution < 1.29 is 13.5 Å². The molecule has 2 aliphatic rings. The van der Waals surface area contributed by atoms with Gasteiger partial charge in [0.1, 0.15) is 0 Å². The summed E-state index contributed by atoms with van der Waals surface area (Å²) in [6.45, 7) is 5.43. The lowest BCUT2D eigenvalue weighted by molar-refractivity contribution is 0.0880. The highest BCUT2D eigenvalue weighted by Gasteiger charge is 2.40. The fourth-order valence-corrected chi connectivity index (χ4v) is 6.07. The molecule has 0 aliphatic carbocycles. The third-order valence-electron chi connectivity index (χ3n) is 5.71. The van der Waals surface area contributed by atoms with Gasteiger partial charge in [-0.2, -0.15) is 4.31 Å². The first-order valence-corrected chi connectivity index (χ1v) is 12.1. The highest BCUT2D eigenvalue weighted by atomic mass is 35.5. The number of rotatable bonds is 7. The van der Waals surface area contributed by atoms with Crippen molar-refractivity contribution in [2.45, 2.75) is 19.1 Å². The van der Waals surface area contributed by atoms with Gasteiger partial charge >= 0.3 is 0 Å². The van der Waals surface area contributed by atoms with Gasteiger partial charge in [-0.3, -0.25) is 9.80 Å². The number of benzene rings is 1. The largest absolute Gasteiger partial charge is 0.395 e. The fourth-order valence-electron chi connectivity index (χ4n) is 4.12. The lowest BCUT2D eigenvalue weighted by Gasteiger charge is -2.37. The highest BCUT2D eigenvalue weighted by Crippen LogP contribution is 2.22. The van der Waals surface area contributed by atoms with E-state index in [1.54, 1.807) is 10.9 Å². The lowest BCUT2D eigenvalue weighted by Crippen LogP contribution is -2.52. The zero-order valence-electron chi connectivity index (χ0n) is 16.8. The minimum absolute atomic E-state index is 0.00668. The molecular weight excluding hydrogens is 428 g/mol. The summed E-state index contributed by atoms with van der Waals surface area (Å²) in [5.41, 5.74) is 1.64. The van der Waals surface area contributed by atoms with Gasteiger partial charge in [-0.15, -0.1) is 5.10 Å². The molecule has 11 heteroatoms. The van der Waals surface area contributed by atoms with Gasteiger partial charge in [-0.25, -0.2) is 13.1 Å². The van der Waals surface area contributed by atoms with Gasteiger partial charge in [-0.05, 0) is 17.7 Å². The van der Waals surface area contributed by atoms with Crippen LogP contribution in [0.5, 0.6) is 0 Å². The van der Waals surface area contributed by atoms with Crippen LogP contribution in [-0.4, -0.2) is 100 Å². The molecule has 2 aromatic rings. The van der Waals surface area contributed by atoms with Crippen LogP contribution in [0.15, 0.2) is 30.5 Å². The number of β-amino-alcohol motifs (C(OH)–C–C–N with tert-alkyl or cyclic N) is 1. The second-order valence-corrected chi connectivity index (χ2v) is 10.3. The lowest BCUT2D eigenvalue weighted by atomic mass is 10.2. The van der Waals surface area contributed by atoms with Gasteiger partial charge in [0.05, 0.1) is 37.3 Å². The summed E-state index contributed by atoms with van der Waals surface area (Å²) in [6, 6.07) is 7.53. The zero-order valence-corrected chi connectivity index (χ0v) is 18.3. The number of aliphatic hydroxyl groups excluding tert-OH is 1. The summed E-state index contributed by atoms with van der Waals surface area (Å²) in [5.74, 6) is 0.143. The van der Waals surface area contributed by atoms with E-state index < -0.39 is 10.0 Å². The van der Waals surface area contributed by atoms with Gasteiger partial charge in [0.25, 0.3) is 0 Å². The molecule has 9 nitrogen and oxygen atoms in total. The summed E-state index contributed by atoms with van der Waals surface area (Å²) < 4.78 is 28.6. The molecule has 1 aromatic carbocycles. The summed E-state index contributed by atoms with van der Waals surface area (Å²) in [7, 11) is -3.32. The standard InChI is InChI=1S/C19H27ClN6O3S/c20-17-3-1-2-16(10-17)11-25-12-18(21-22-25)13-26-14-19(15-30(26,28)29)24-6-4-23(5-7-24)8-9-27/h1-3,10,12,19,27H,4-9,11,13-15H2. The molecule has 4 rings (SSSR count). The summed E-state index contributed by atoms with van der Waals surface area (Å²) in [6.07, 6.45) is 1.79. The van der Waals surface area contributed by atoms with Crippen LogP contribution in [0.25, 0.3) is 0 Å². The van der Waals surface area contributed by atoms with Gasteiger partial charge in [0.2, 0.25) is 10.0 Å². The Labute approximate surface area is 181 Å². The molecule has 0 radical (unpaired) electrons. The Morgan fingerprint density at radius 3 is 2.70 bits per heavy atom. The smallest absolute Gasteiger partial charge is 0.216 e. The Balaban J connectivity index is 1.35. The van der Waals surface area contributed by atoms with Crippen LogP contribution in [0.3, 0.4) is 0 Å². The molecule has 0 spiro atoms. The van der Waals surface area contributed by atoms with Gasteiger partial charge in [0, 0.05) is 50.3 Å². The number of sulfonamides is 1. The van der Waals surface area contributed by atoms with Crippen LogP contribution in [0.2, 0.25) is 5.02 Å². The van der Waals surface area contributed by atoms with E-state index in [0.717, 1.165) is 31.7 Å². The van der Waals surface area contributed by atoms with E-state index in [9.17, 15) is 8.42 Å². The second-order valence-electron chi connectivity index (χ2n) is 7.86. The van der Waals surface area contributed by atoms with Crippen LogP contribution in [0.4, 0.5) is 0 Å². The van der Waals surface area contributed by atoms with Crippen LogP contribution in [-0.2, 0) is 23.1 Å². The quantitative estimate of drug-likeness (QED) is 0.634. The topological polar surface area (TPSA) is 94.8 Å². The van der Waals surface area contributed by atoms with Crippen LogP contribution < -0.4 is 0 Å². The van der Waals surface area contributed by atoms with Crippen LogP contribution in [0, 0.1) is 0 Å². The first kappa shape index (κ1) is 21.7. The van der Waals surface area contributed by atoms with Crippen molar-refractivity contribution in [2.75, 3.05) is 51.6 Å². The predicted molar refractivity (Wildman–Crippen MR) is 114 cm³/mol. The van der Waals surface area contributed by atoms with E-state index in [-0.39, 0.29) is 24.9 Å². The molecule has 0 amide bonds. The van der Waals surface area contributed by atoms with E-state index in [4.69, 9.17) is 16.7 Å². The molecule has 1 atom stereocenters. The van der Waals surface area contributed by atoms with Crippen molar-refractivity contribution in [3.8, 4) is 0 Å². The third-order valence-corrected chi connectivity index (χ3v) is 7.81. The molecule has 2 saturated heterocycles. The van der Waals surface area contributed by atoms with Crippen LogP contribution in [0.1, 0.15) is 11.3 Å². The monoisotopic (exact) mass is 454 g/mol. The number of halogens is 1. The maximum atomic E-state index is 12.7. The Kier molecular flexibility index (Phi) is 6.71. The molecular formula is C19H27ClN6O3S. The average Bonchev–Trinajstić information content (AvgIpc) is 3.26. The Bertz CT molecular complexity index is 961. The Morgan fingerprint density at radius 2 is 1.97 bits per heavy atom. The molecule has 2 aliphatic heterocycles. The molecule has 0 bridgehead atoms. The first-order valence-electron chi connectivity index (χ1n) is 10.1. The predicted octanol–water partition coefficient (Wildman–Crippen LogP) is 0.104. The van der Waals surface area contributed by atoms with Crippen molar-refractivity contribution in [1.29, 1.82) is 0 Å². The minimum Gasteiger partial charge on any atom is -0.395 e. The maximum Gasteiger partial charge on any atom is 0.216 e. The fraction of sp³-hybridized carbons (Fsp3) is 0.579. The molecule has 1 unspecified atom stereocenters. The summed E-state index contributed by atoms with van der Waals surface area (Å²) in [4.78, 5) is 4.46. The normalized spacial score (nSPS) is 23.2. The number of aliphatic hydroxyl groups is 1. The van der Waals surface area contributed by atoms with Gasteiger partial charge < -0.3 is 5.11 Å². The number of nitrogens with zero attached hydrogens (tertiary/aromatic N) is 6. The minimum atomic E-state index is -3.32. The number of hydrogen-bond donors (Lipinski definition) is 1. The van der Waals surface area contributed by atoms with Crippen molar-refractivity contribution >= 4 is 21.6 Å². The molecule has 1 N–H and O–H groups in total. The molecule has 3 heterocycles. The molecule has 1 aromatic heterocycles. The van der Waals surface area contributed by atoms with E-state index >= 15 is 0 Å². The number of hydrogen-bond acceptors (Lipinski definition) is 7. The summed E-state index contributed by atoms with van der Waals surface area (Å²) in [5, 5.41) is 18.0. The summed E-state index contributed by atoms with van der Waals surface area (Å²) >= 11 is 6.03. The van der Waals surface area contributed by atoms with Gasteiger partial charge in [-0.1, -0.05) is 28.9 Å². The zero-order chi connectivity index (χ0) is 21.1. The number of aromatic nitrogens is 3. The van der Waals surface area contributed by atoms with Gasteiger partial charge in [0.15, 0.2) is 0 Å². The van der Waals surface area contributed by atoms with E-state index in [1.165, 1.54) is 4.31 Å². The van der Waals surface area contributed by atoms with Crippen molar-refractivity contribution in [1.82, 2.24) is 29.1 Å². The van der Waals surface area contributed by atoms with E-state index in [1.807, 2.05) is 24.3 Å². The second kappa shape index (κ2) is 9.29. The molecule has 2 fully saturated rings. The highest BCUT2D eigenvalue weighted by molar-refractivity contribution is 7.89. The Morgan fingerprint density at radius 1 is 1.17 bits per heavy atom. The molecule has 164 valence electrons. The average molecular weight is 455 g/mol. The van der Waals surface area contributed by atoms with Crippen LogP contribution >= 0.6 is 11.6 Å². The van der Waals surface area contributed by atoms with Crippen molar-refractivity contribution in [3.63, 3.8) is 0 Å². The van der Waals surface area contributed by atoms with Crippen molar-refractivity contribution in [3.05, 3.63) is 46.7 Å². The first-order chi connectivity index (χ1) is 14.4. The maximum absolute atomic E-state index is 12.7. The van der Waals surface area contributed by atoms with E-state index in [0.29, 0.717) is 30.4 Å². The molecule has 30 heavy (non-hydrogen) atoms. The Hall–Kier alpha value is -1.56. The van der Waals surface area contributed by atoms with Crippen molar-refractivity contribution in [2.24, 2.45) is 0 Å². The molecule has 0 saturated carbocycles. The SMILES string of the molecule is O=S1(=O)CC(N2CCN(CCO)CC2)CN1Cc1cn(Cc2cccc(Cl)c2)nn1. The van der Waals surface area contributed by atoms with E-state index in [2.05, 4.69) is 20.1 Å². The number of piperazine rings is 1.